The summed E-state index contributed by atoms with van der Waals surface area (Å²) in [6.07, 6.45) is 3.65. The number of hydrogen-bond donors (Lipinski definition) is 1. The zero-order chi connectivity index (χ0) is 22.2. The van der Waals surface area contributed by atoms with Crippen LogP contribution < -0.4 is 4.90 Å². The molecule has 0 bridgehead atoms. The number of H-pyrrole nitrogens is 1. The smallest absolute Gasteiger partial charge is 0.321 e. The molecule has 4 aromatic rings. The number of aromatic nitrogens is 3. The maximum Gasteiger partial charge on any atom is 0.321 e. The van der Waals surface area contributed by atoms with Gasteiger partial charge in [-0.1, -0.05) is 43.7 Å². The lowest BCUT2D eigenvalue weighted by molar-refractivity contribution is -0.153. The van der Waals surface area contributed by atoms with Gasteiger partial charge in [0.1, 0.15) is 0 Å². The van der Waals surface area contributed by atoms with Gasteiger partial charge in [-0.3, -0.25) is 14.5 Å². The molecule has 0 saturated heterocycles. The number of benzene rings is 2. The van der Waals surface area contributed by atoms with Gasteiger partial charge in [-0.25, -0.2) is 4.98 Å². The van der Waals surface area contributed by atoms with E-state index in [1.54, 1.807) is 11.8 Å². The molecule has 1 amide bonds. The van der Waals surface area contributed by atoms with Crippen molar-refractivity contribution in [3.63, 3.8) is 0 Å². The normalized spacial score (nSPS) is 18.3. The minimum absolute atomic E-state index is 0.218. The summed E-state index contributed by atoms with van der Waals surface area (Å²) in [6, 6.07) is 15.2. The van der Waals surface area contributed by atoms with E-state index in [0.29, 0.717) is 12.5 Å². The van der Waals surface area contributed by atoms with Crippen molar-refractivity contribution in [3.8, 4) is 0 Å². The Hall–Kier alpha value is -3.61. The summed E-state index contributed by atoms with van der Waals surface area (Å²) in [4.78, 5) is 36.8. The average Bonchev–Trinajstić information content (AvgIpc) is 3.40. The van der Waals surface area contributed by atoms with Crippen molar-refractivity contribution in [2.75, 3.05) is 18.1 Å². The SMILES string of the molecule is CCCCN1C(=O)[C@@H](C(=O)OCC)[C@@H](c2c[nH]c3ccccc23)n2c1nc1ccccc12. The average molecular weight is 431 g/mol. The second-order valence-electron chi connectivity index (χ2n) is 8.08. The Bertz CT molecular complexity index is 1310. The molecule has 1 aliphatic heterocycles. The monoisotopic (exact) mass is 430 g/mol. The van der Waals surface area contributed by atoms with Crippen molar-refractivity contribution in [2.24, 2.45) is 5.92 Å². The summed E-state index contributed by atoms with van der Waals surface area (Å²) < 4.78 is 7.46. The number of ether oxygens (including phenoxy) is 1. The Kier molecular flexibility index (Phi) is 5.17. The molecular weight excluding hydrogens is 404 g/mol. The van der Waals surface area contributed by atoms with Crippen molar-refractivity contribution in [2.45, 2.75) is 32.7 Å². The first kappa shape index (κ1) is 20.3. The number of amides is 1. The van der Waals surface area contributed by atoms with Gasteiger partial charge in [0, 0.05) is 29.2 Å². The number of nitrogens with one attached hydrogen (secondary N) is 1. The van der Waals surface area contributed by atoms with E-state index in [1.165, 1.54) is 0 Å². The fourth-order valence-electron chi connectivity index (χ4n) is 4.69. The highest BCUT2D eigenvalue weighted by Crippen LogP contribution is 2.43. The third-order valence-corrected chi connectivity index (χ3v) is 6.16. The molecule has 0 unspecified atom stereocenters. The van der Waals surface area contributed by atoms with Crippen molar-refractivity contribution in [1.29, 1.82) is 0 Å². The van der Waals surface area contributed by atoms with Crippen LogP contribution in [0.4, 0.5) is 5.95 Å². The highest BCUT2D eigenvalue weighted by atomic mass is 16.5. The number of nitrogens with zero attached hydrogens (tertiary/aromatic N) is 3. The molecule has 1 N–H and O–H groups in total. The van der Waals surface area contributed by atoms with Crippen LogP contribution >= 0.6 is 0 Å². The predicted molar refractivity (Wildman–Crippen MR) is 124 cm³/mol. The molecule has 7 nitrogen and oxygen atoms in total. The molecule has 1 aliphatic rings. The van der Waals surface area contributed by atoms with Crippen molar-refractivity contribution in [1.82, 2.24) is 14.5 Å². The Balaban J connectivity index is 1.80. The number of imidazole rings is 1. The van der Waals surface area contributed by atoms with E-state index in [4.69, 9.17) is 9.72 Å². The maximum absolute atomic E-state index is 13.8. The second-order valence-corrected chi connectivity index (χ2v) is 8.08. The van der Waals surface area contributed by atoms with E-state index >= 15 is 0 Å². The number of hydrogen-bond acceptors (Lipinski definition) is 4. The Morgan fingerprint density at radius 1 is 1.12 bits per heavy atom. The van der Waals surface area contributed by atoms with E-state index in [2.05, 4.69) is 11.9 Å². The van der Waals surface area contributed by atoms with Crippen molar-refractivity contribution < 1.29 is 14.3 Å². The summed E-state index contributed by atoms with van der Waals surface area (Å²) in [6.45, 7) is 4.57. The Labute approximate surface area is 186 Å². The van der Waals surface area contributed by atoms with Gasteiger partial charge in [0.15, 0.2) is 5.92 Å². The molecular formula is C25H26N4O3. The summed E-state index contributed by atoms with van der Waals surface area (Å²) in [5, 5.41) is 0.977. The van der Waals surface area contributed by atoms with E-state index in [0.717, 1.165) is 40.3 Å². The zero-order valence-corrected chi connectivity index (χ0v) is 18.2. The van der Waals surface area contributed by atoms with Crippen LogP contribution in [-0.2, 0) is 14.3 Å². The van der Waals surface area contributed by atoms with Crippen LogP contribution in [0.2, 0.25) is 0 Å². The highest BCUT2D eigenvalue weighted by molar-refractivity contribution is 6.09. The molecule has 164 valence electrons. The largest absolute Gasteiger partial charge is 0.465 e. The maximum atomic E-state index is 13.8. The summed E-state index contributed by atoms with van der Waals surface area (Å²) in [5.74, 6) is -1.16. The quantitative estimate of drug-likeness (QED) is 0.362. The molecule has 0 radical (unpaired) electrons. The Morgan fingerprint density at radius 3 is 2.72 bits per heavy atom. The van der Waals surface area contributed by atoms with Gasteiger partial charge >= 0.3 is 5.97 Å². The lowest BCUT2D eigenvalue weighted by Crippen LogP contribution is -2.50. The summed E-state index contributed by atoms with van der Waals surface area (Å²) >= 11 is 0. The number of fused-ring (bicyclic) bond motifs is 4. The van der Waals surface area contributed by atoms with Gasteiger partial charge in [-0.15, -0.1) is 0 Å². The number of rotatable bonds is 6. The molecule has 32 heavy (non-hydrogen) atoms. The van der Waals surface area contributed by atoms with Crippen LogP contribution in [0.5, 0.6) is 0 Å². The van der Waals surface area contributed by atoms with Gasteiger partial charge in [-0.05, 0) is 31.5 Å². The summed E-state index contributed by atoms with van der Waals surface area (Å²) in [5.41, 5.74) is 3.52. The van der Waals surface area contributed by atoms with Crippen LogP contribution in [0.15, 0.2) is 54.7 Å². The van der Waals surface area contributed by atoms with E-state index in [-0.39, 0.29) is 12.5 Å². The number of esters is 1. The molecule has 2 aromatic carbocycles. The molecule has 0 fully saturated rings. The van der Waals surface area contributed by atoms with Crippen molar-refractivity contribution >= 4 is 39.8 Å². The predicted octanol–water partition coefficient (Wildman–Crippen LogP) is 4.43. The molecule has 7 heteroatoms. The minimum atomic E-state index is -0.990. The van der Waals surface area contributed by atoms with Crippen LogP contribution in [0, 0.1) is 5.92 Å². The van der Waals surface area contributed by atoms with Crippen LogP contribution in [0.1, 0.15) is 38.3 Å². The fourth-order valence-corrected chi connectivity index (χ4v) is 4.69. The molecule has 0 aliphatic carbocycles. The van der Waals surface area contributed by atoms with Gasteiger partial charge in [0.05, 0.1) is 23.7 Å². The van der Waals surface area contributed by atoms with Crippen LogP contribution in [0.25, 0.3) is 21.9 Å². The highest BCUT2D eigenvalue weighted by Gasteiger charge is 2.48. The lowest BCUT2D eigenvalue weighted by Gasteiger charge is -2.37. The van der Waals surface area contributed by atoms with Crippen LogP contribution in [-0.4, -0.2) is 39.6 Å². The lowest BCUT2D eigenvalue weighted by atomic mass is 9.89. The Morgan fingerprint density at radius 2 is 1.91 bits per heavy atom. The number of carbonyl (C=O) groups is 2. The second kappa shape index (κ2) is 8.15. The molecule has 2 atom stereocenters. The number of carbonyl (C=O) groups excluding carboxylic acids is 2. The number of unbranched alkanes of at least 4 members (excludes halogenated alkanes) is 1. The molecule has 3 heterocycles. The third kappa shape index (κ3) is 3.07. The summed E-state index contributed by atoms with van der Waals surface area (Å²) in [7, 11) is 0. The van der Waals surface area contributed by atoms with Gasteiger partial charge in [0.25, 0.3) is 0 Å². The fraction of sp³-hybridized carbons (Fsp3) is 0.320. The molecule has 0 spiro atoms. The standard InChI is InChI=1S/C25H26N4O3/c1-3-5-14-28-23(30)21(24(31)32-4-2)22(17-15-26-18-11-7-6-10-16(17)18)29-20-13-9-8-12-19(20)27-25(28)29/h6-13,15,21-22,26H,3-5,14H2,1-2H3/t21-,22+/m0/s1. The number of para-hydroxylation sites is 3. The number of aromatic amines is 1. The van der Waals surface area contributed by atoms with E-state index < -0.39 is 17.9 Å². The van der Waals surface area contributed by atoms with E-state index in [9.17, 15) is 9.59 Å². The first-order valence-electron chi connectivity index (χ1n) is 11.2. The first-order valence-corrected chi connectivity index (χ1v) is 11.2. The topological polar surface area (TPSA) is 80.2 Å². The molecule has 2 aromatic heterocycles. The van der Waals surface area contributed by atoms with Gasteiger partial charge in [0.2, 0.25) is 11.9 Å². The molecule has 5 rings (SSSR count). The zero-order valence-electron chi connectivity index (χ0n) is 18.2. The van der Waals surface area contributed by atoms with Crippen molar-refractivity contribution in [3.05, 3.63) is 60.3 Å². The van der Waals surface area contributed by atoms with Gasteiger partial charge in [-0.2, -0.15) is 0 Å². The molecule has 0 saturated carbocycles. The van der Waals surface area contributed by atoms with Crippen LogP contribution in [0.3, 0.4) is 0 Å². The first-order chi connectivity index (χ1) is 15.7. The van der Waals surface area contributed by atoms with Gasteiger partial charge < -0.3 is 14.3 Å². The van der Waals surface area contributed by atoms with E-state index in [1.807, 2.05) is 59.3 Å². The minimum Gasteiger partial charge on any atom is -0.465 e. The third-order valence-electron chi connectivity index (χ3n) is 6.16. The number of anilines is 1.